The van der Waals surface area contributed by atoms with Crippen LogP contribution >= 0.6 is 11.8 Å². The van der Waals surface area contributed by atoms with E-state index in [2.05, 4.69) is 31.0 Å². The van der Waals surface area contributed by atoms with E-state index in [9.17, 15) is 4.79 Å². The number of nitrogens with zero attached hydrogens (tertiary/aromatic N) is 3. The topological polar surface area (TPSA) is 73.8 Å². The van der Waals surface area contributed by atoms with Gasteiger partial charge in [0.05, 0.1) is 0 Å². The zero-order chi connectivity index (χ0) is 13.7. The van der Waals surface area contributed by atoms with Crippen LogP contribution in [0.3, 0.4) is 0 Å². The van der Waals surface area contributed by atoms with E-state index in [1.807, 2.05) is 6.92 Å². The number of aromatic nitrogens is 3. The Kier molecular flexibility index (Phi) is 5.65. The number of aryl methyl sites for hydroxylation is 1. The molecule has 0 fully saturated rings. The van der Waals surface area contributed by atoms with Gasteiger partial charge in [0, 0.05) is 5.75 Å². The largest absolute Gasteiger partial charge is 0.368 e. The van der Waals surface area contributed by atoms with Crippen LogP contribution in [-0.2, 0) is 11.3 Å². The van der Waals surface area contributed by atoms with Gasteiger partial charge in [-0.05, 0) is 25.2 Å². The van der Waals surface area contributed by atoms with Gasteiger partial charge in [-0.2, -0.15) is 0 Å². The highest BCUT2D eigenvalue weighted by Crippen LogP contribution is 2.22. The first-order valence-corrected chi connectivity index (χ1v) is 7.19. The summed E-state index contributed by atoms with van der Waals surface area (Å²) < 4.78 is 1.77. The smallest absolute Gasteiger partial charge is 0.237 e. The molecule has 18 heavy (non-hydrogen) atoms. The van der Waals surface area contributed by atoms with Crippen LogP contribution in [0, 0.1) is 18.8 Å². The lowest BCUT2D eigenvalue weighted by Gasteiger charge is -2.13. The lowest BCUT2D eigenvalue weighted by molar-refractivity contribution is -0.118. The van der Waals surface area contributed by atoms with E-state index in [1.54, 1.807) is 16.3 Å². The summed E-state index contributed by atoms with van der Waals surface area (Å²) in [6.45, 7) is 8.66. The number of carbonyl (C=O) groups is 1. The molecule has 1 aromatic heterocycles. The first-order chi connectivity index (χ1) is 8.40. The van der Waals surface area contributed by atoms with Crippen molar-refractivity contribution in [1.82, 2.24) is 14.8 Å². The van der Waals surface area contributed by atoms with Crippen molar-refractivity contribution in [1.29, 1.82) is 0 Å². The Morgan fingerprint density at radius 1 is 1.39 bits per heavy atom. The van der Waals surface area contributed by atoms with Gasteiger partial charge >= 0.3 is 0 Å². The number of hydrogen-bond acceptors (Lipinski definition) is 4. The van der Waals surface area contributed by atoms with Crippen LogP contribution in [0.1, 0.15) is 33.0 Å². The van der Waals surface area contributed by atoms with E-state index in [1.165, 1.54) is 6.42 Å². The second-order valence-electron chi connectivity index (χ2n) is 5.13. The van der Waals surface area contributed by atoms with E-state index in [0.29, 0.717) is 11.8 Å². The molecule has 1 rings (SSSR count). The van der Waals surface area contributed by atoms with Crippen molar-refractivity contribution in [2.45, 2.75) is 45.8 Å². The highest BCUT2D eigenvalue weighted by Gasteiger charge is 2.13. The third-order valence-corrected chi connectivity index (χ3v) is 3.88. The van der Waals surface area contributed by atoms with Crippen molar-refractivity contribution < 1.29 is 4.79 Å². The summed E-state index contributed by atoms with van der Waals surface area (Å²) in [6, 6.07) is 0. The fourth-order valence-corrected chi connectivity index (χ4v) is 2.92. The summed E-state index contributed by atoms with van der Waals surface area (Å²) in [5, 5.41) is 8.86. The Hall–Kier alpha value is -1.04. The fourth-order valence-electron chi connectivity index (χ4n) is 1.90. The van der Waals surface area contributed by atoms with Gasteiger partial charge in [0.2, 0.25) is 5.91 Å². The zero-order valence-electron chi connectivity index (χ0n) is 11.5. The molecule has 0 saturated heterocycles. The van der Waals surface area contributed by atoms with Crippen molar-refractivity contribution in [2.75, 3.05) is 5.75 Å². The van der Waals surface area contributed by atoms with Crippen LogP contribution in [0.5, 0.6) is 0 Å². The highest BCUT2D eigenvalue weighted by atomic mass is 32.2. The molecule has 0 aliphatic heterocycles. The van der Waals surface area contributed by atoms with Gasteiger partial charge in [-0.15, -0.1) is 10.2 Å². The molecule has 0 aliphatic carbocycles. The summed E-state index contributed by atoms with van der Waals surface area (Å²) in [6.07, 6.45) is 1.19. The number of rotatable bonds is 7. The van der Waals surface area contributed by atoms with Crippen molar-refractivity contribution in [3.05, 3.63) is 5.82 Å². The van der Waals surface area contributed by atoms with Crippen LogP contribution in [0.2, 0.25) is 0 Å². The quantitative estimate of drug-likeness (QED) is 0.767. The SMILES string of the molecule is Cc1nnc(SC[C@H](C)CC(C)C)n1CC(N)=O. The van der Waals surface area contributed by atoms with Gasteiger partial charge in [-0.1, -0.05) is 32.5 Å². The normalized spacial score (nSPS) is 12.9. The molecule has 1 amide bonds. The fraction of sp³-hybridized carbons (Fsp3) is 0.750. The molecule has 0 radical (unpaired) electrons. The first kappa shape index (κ1) is 15.0. The molecule has 0 aliphatic rings. The van der Waals surface area contributed by atoms with E-state index in [0.717, 1.165) is 16.7 Å². The minimum atomic E-state index is -0.366. The molecule has 0 unspecified atom stereocenters. The summed E-state index contributed by atoms with van der Waals surface area (Å²) in [7, 11) is 0. The number of hydrogen-bond donors (Lipinski definition) is 1. The monoisotopic (exact) mass is 270 g/mol. The van der Waals surface area contributed by atoms with Gasteiger partial charge in [0.1, 0.15) is 12.4 Å². The first-order valence-electron chi connectivity index (χ1n) is 6.21. The van der Waals surface area contributed by atoms with Crippen LogP contribution in [0.15, 0.2) is 5.16 Å². The predicted octanol–water partition coefficient (Wildman–Crippen LogP) is 1.85. The Labute approximate surface area is 113 Å². The molecular formula is C12H22N4OS. The second-order valence-corrected chi connectivity index (χ2v) is 6.12. The minimum Gasteiger partial charge on any atom is -0.368 e. The highest BCUT2D eigenvalue weighted by molar-refractivity contribution is 7.99. The molecular weight excluding hydrogens is 248 g/mol. The molecule has 2 N–H and O–H groups in total. The maximum absolute atomic E-state index is 11.0. The number of amides is 1. The van der Waals surface area contributed by atoms with Crippen molar-refractivity contribution >= 4 is 17.7 Å². The van der Waals surface area contributed by atoms with Crippen molar-refractivity contribution in [3.8, 4) is 0 Å². The number of nitrogens with two attached hydrogens (primary N) is 1. The van der Waals surface area contributed by atoms with Crippen LogP contribution in [0.4, 0.5) is 0 Å². The van der Waals surface area contributed by atoms with Crippen LogP contribution in [0.25, 0.3) is 0 Å². The van der Waals surface area contributed by atoms with Crippen molar-refractivity contribution in [2.24, 2.45) is 17.6 Å². The van der Waals surface area contributed by atoms with Gasteiger partial charge in [-0.25, -0.2) is 0 Å². The van der Waals surface area contributed by atoms with Gasteiger partial charge in [0.15, 0.2) is 5.16 Å². The maximum Gasteiger partial charge on any atom is 0.237 e. The Balaban J connectivity index is 2.59. The van der Waals surface area contributed by atoms with E-state index in [-0.39, 0.29) is 12.5 Å². The molecule has 1 aromatic rings. The third kappa shape index (κ3) is 4.68. The van der Waals surface area contributed by atoms with Gasteiger partial charge in [-0.3, -0.25) is 9.36 Å². The third-order valence-electron chi connectivity index (χ3n) is 2.59. The molecule has 6 heteroatoms. The second kappa shape index (κ2) is 6.78. The lowest BCUT2D eigenvalue weighted by atomic mass is 10.0. The van der Waals surface area contributed by atoms with Gasteiger partial charge < -0.3 is 5.73 Å². The van der Waals surface area contributed by atoms with E-state index in [4.69, 9.17) is 5.73 Å². The molecule has 0 saturated carbocycles. The molecule has 0 bridgehead atoms. The number of thioether (sulfide) groups is 1. The summed E-state index contributed by atoms with van der Waals surface area (Å²) in [4.78, 5) is 11.0. The minimum absolute atomic E-state index is 0.153. The Bertz CT molecular complexity index is 403. The number of primary amides is 1. The van der Waals surface area contributed by atoms with Crippen LogP contribution in [-0.4, -0.2) is 26.4 Å². The Morgan fingerprint density at radius 2 is 2.06 bits per heavy atom. The average Bonchev–Trinajstić information content (AvgIpc) is 2.56. The van der Waals surface area contributed by atoms with Crippen LogP contribution < -0.4 is 5.73 Å². The molecule has 102 valence electrons. The zero-order valence-corrected chi connectivity index (χ0v) is 12.3. The summed E-state index contributed by atoms with van der Waals surface area (Å²) in [5.41, 5.74) is 5.22. The van der Waals surface area contributed by atoms with E-state index >= 15 is 0 Å². The predicted molar refractivity (Wildman–Crippen MR) is 73.3 cm³/mol. The standard InChI is InChI=1S/C12H22N4OS/c1-8(2)5-9(3)7-18-12-15-14-10(4)16(12)6-11(13)17/h8-9H,5-7H2,1-4H3,(H2,13,17)/t9-/m1/s1. The molecule has 0 aromatic carbocycles. The summed E-state index contributed by atoms with van der Waals surface area (Å²) in [5.74, 6) is 2.66. The molecule has 0 spiro atoms. The lowest BCUT2D eigenvalue weighted by Crippen LogP contribution is -2.20. The number of carbonyl (C=O) groups excluding carboxylic acids is 1. The van der Waals surface area contributed by atoms with E-state index < -0.39 is 0 Å². The maximum atomic E-state index is 11.0. The molecule has 1 atom stereocenters. The van der Waals surface area contributed by atoms with Crippen molar-refractivity contribution in [3.63, 3.8) is 0 Å². The Morgan fingerprint density at radius 3 is 2.61 bits per heavy atom. The molecule has 1 heterocycles. The molecule has 5 nitrogen and oxygen atoms in total. The summed E-state index contributed by atoms with van der Waals surface area (Å²) >= 11 is 1.64. The van der Waals surface area contributed by atoms with Gasteiger partial charge in [0.25, 0.3) is 0 Å². The average molecular weight is 270 g/mol.